The van der Waals surface area contributed by atoms with Gasteiger partial charge in [-0.2, -0.15) is 18.3 Å². The second-order valence-corrected chi connectivity index (χ2v) is 9.65. The molecule has 0 unspecified atom stereocenters. The zero-order chi connectivity index (χ0) is 30.2. The van der Waals surface area contributed by atoms with Crippen molar-refractivity contribution < 1.29 is 22.7 Å². The van der Waals surface area contributed by atoms with Gasteiger partial charge in [-0.25, -0.2) is 5.84 Å². The maximum atomic E-state index is 13.6. The number of nitrogens with zero attached hydrogens (tertiary/aromatic N) is 3. The summed E-state index contributed by atoms with van der Waals surface area (Å²) >= 11 is 6.30. The van der Waals surface area contributed by atoms with Crippen LogP contribution in [0, 0.1) is 0 Å². The van der Waals surface area contributed by atoms with Crippen LogP contribution in [0.25, 0.3) is 0 Å². The number of benzene rings is 2. The number of amides is 1. The molecule has 2 aromatic carbocycles. The van der Waals surface area contributed by atoms with E-state index < -0.39 is 17.6 Å². The van der Waals surface area contributed by atoms with Crippen molar-refractivity contribution in [2.45, 2.75) is 46.0 Å². The average Bonchev–Trinajstić information content (AvgIpc) is 2.86. The molecule has 13 heteroatoms. The molecule has 0 spiro atoms. The van der Waals surface area contributed by atoms with Gasteiger partial charge in [0.25, 0.3) is 5.91 Å². The third-order valence-electron chi connectivity index (χ3n) is 5.57. The number of carbonyl (C=O) groups is 1. The van der Waals surface area contributed by atoms with Gasteiger partial charge in [-0.15, -0.1) is 0 Å². The Morgan fingerprint density at radius 2 is 1.95 bits per heavy atom. The Bertz CT molecular complexity index is 1280. The van der Waals surface area contributed by atoms with Crippen LogP contribution in [0.2, 0.25) is 5.02 Å². The summed E-state index contributed by atoms with van der Waals surface area (Å²) in [6.45, 7) is 9.40. The summed E-state index contributed by atoms with van der Waals surface area (Å²) in [6.07, 6.45) is -1.37. The molecule has 0 radical (unpaired) electrons. The lowest BCUT2D eigenvalue weighted by atomic mass is 10.1. The number of ether oxygens (including phenoxy) is 1. The highest BCUT2D eigenvalue weighted by atomic mass is 35.5. The van der Waals surface area contributed by atoms with E-state index in [9.17, 15) is 18.0 Å². The van der Waals surface area contributed by atoms with Crippen molar-refractivity contribution in [2.75, 3.05) is 24.5 Å². The number of hydrogen-bond donors (Lipinski definition) is 4. The highest BCUT2D eigenvalue weighted by molar-refractivity contribution is 6.33. The highest BCUT2D eigenvalue weighted by Gasteiger charge is 2.33. The second-order valence-electron chi connectivity index (χ2n) is 9.24. The number of carbonyl (C=O) groups excluding carboxylic acids is 1. The molecule has 1 amide bonds. The number of anilines is 2. The molecule has 0 aromatic heterocycles. The molecular formula is C27H35ClF3N7O2. The van der Waals surface area contributed by atoms with E-state index in [4.69, 9.17) is 27.9 Å². The largest absolute Gasteiger partial charge is 0.494 e. The predicted molar refractivity (Wildman–Crippen MR) is 154 cm³/mol. The predicted octanol–water partition coefficient (Wildman–Crippen LogP) is 5.44. The van der Waals surface area contributed by atoms with E-state index in [1.165, 1.54) is 31.5 Å². The number of hydrogen-bond acceptors (Lipinski definition) is 8. The molecule has 0 bridgehead atoms. The number of halogens is 4. The first-order valence-corrected chi connectivity index (χ1v) is 12.6. The SMILES string of the molecule is C=C(C)N(C)/N=C\C/C(N)=C/N(N)c1cc(C(=O)Nc2cc(C(F)(F)F)cc(CNC(C)C)c2OC)ccc1Cl. The topological polar surface area (TPSA) is 121 Å². The van der Waals surface area contributed by atoms with Gasteiger partial charge in [-0.05, 0) is 37.3 Å². The number of allylic oxidation sites excluding steroid dienone is 2. The average molecular weight is 582 g/mol. The molecule has 0 aliphatic rings. The maximum Gasteiger partial charge on any atom is 0.416 e. The molecule has 0 aliphatic heterocycles. The molecule has 9 nitrogen and oxygen atoms in total. The van der Waals surface area contributed by atoms with Gasteiger partial charge in [-0.1, -0.05) is 32.0 Å². The Balaban J connectivity index is 2.36. The number of hydrazone groups is 1. The van der Waals surface area contributed by atoms with Crippen molar-refractivity contribution >= 4 is 35.1 Å². The number of alkyl halides is 3. The monoisotopic (exact) mass is 581 g/mol. The number of methoxy groups -OCH3 is 1. The first kappa shape index (κ1) is 32.5. The van der Waals surface area contributed by atoms with Crippen LogP contribution in [0.5, 0.6) is 5.75 Å². The van der Waals surface area contributed by atoms with Crippen molar-refractivity contribution in [2.24, 2.45) is 16.7 Å². The Morgan fingerprint density at radius 1 is 1.27 bits per heavy atom. The van der Waals surface area contributed by atoms with Crippen LogP contribution in [0.1, 0.15) is 48.7 Å². The highest BCUT2D eigenvalue weighted by Crippen LogP contribution is 2.38. The maximum absolute atomic E-state index is 13.6. The molecule has 40 heavy (non-hydrogen) atoms. The molecule has 218 valence electrons. The zero-order valence-corrected chi connectivity index (χ0v) is 23.8. The van der Waals surface area contributed by atoms with Crippen LogP contribution in [0.15, 0.2) is 59.6 Å². The zero-order valence-electron chi connectivity index (χ0n) is 23.1. The molecule has 0 fully saturated rings. The molecule has 0 atom stereocenters. The van der Waals surface area contributed by atoms with Gasteiger partial charge in [-0.3, -0.25) is 14.8 Å². The van der Waals surface area contributed by atoms with Crippen LogP contribution in [0.3, 0.4) is 0 Å². The van der Waals surface area contributed by atoms with Crippen LogP contribution >= 0.6 is 11.6 Å². The fraction of sp³-hybridized carbons (Fsp3) is 0.333. The summed E-state index contributed by atoms with van der Waals surface area (Å²) in [6, 6.07) is 6.10. The number of nitrogens with two attached hydrogens (primary N) is 2. The lowest BCUT2D eigenvalue weighted by molar-refractivity contribution is -0.137. The summed E-state index contributed by atoms with van der Waals surface area (Å²) in [4.78, 5) is 13.2. The van der Waals surface area contributed by atoms with Crippen molar-refractivity contribution in [3.05, 3.63) is 76.2 Å². The van der Waals surface area contributed by atoms with Gasteiger partial charge in [0.05, 0.1) is 29.1 Å². The summed E-state index contributed by atoms with van der Waals surface area (Å²) < 4.78 is 46.3. The van der Waals surface area contributed by atoms with E-state index in [1.807, 2.05) is 13.8 Å². The van der Waals surface area contributed by atoms with E-state index >= 15 is 0 Å². The quantitative estimate of drug-likeness (QED) is 0.150. The normalized spacial score (nSPS) is 12.1. The minimum atomic E-state index is -4.64. The third kappa shape index (κ3) is 9.18. The summed E-state index contributed by atoms with van der Waals surface area (Å²) in [5, 5.41) is 12.7. The van der Waals surface area contributed by atoms with Crippen LogP contribution in [-0.4, -0.2) is 37.3 Å². The summed E-state index contributed by atoms with van der Waals surface area (Å²) in [5.41, 5.74) is 6.65. The van der Waals surface area contributed by atoms with E-state index in [2.05, 4.69) is 22.3 Å². The van der Waals surface area contributed by atoms with Gasteiger partial charge in [0.1, 0.15) is 5.75 Å². The molecule has 0 aliphatic carbocycles. The van der Waals surface area contributed by atoms with Crippen molar-refractivity contribution in [3.8, 4) is 5.75 Å². The summed E-state index contributed by atoms with van der Waals surface area (Å²) in [5.74, 6) is 5.54. The smallest absolute Gasteiger partial charge is 0.416 e. The van der Waals surface area contributed by atoms with Gasteiger partial charge in [0.15, 0.2) is 0 Å². The van der Waals surface area contributed by atoms with E-state index in [-0.39, 0.29) is 52.3 Å². The molecule has 2 rings (SSSR count). The lowest BCUT2D eigenvalue weighted by Gasteiger charge is -2.20. The molecule has 2 aromatic rings. The molecule has 0 heterocycles. The fourth-order valence-corrected chi connectivity index (χ4v) is 3.56. The van der Waals surface area contributed by atoms with Gasteiger partial charge < -0.3 is 21.1 Å². The van der Waals surface area contributed by atoms with Gasteiger partial charge in [0, 0.05) is 61.0 Å². The van der Waals surface area contributed by atoms with Gasteiger partial charge >= 0.3 is 6.18 Å². The van der Waals surface area contributed by atoms with Gasteiger partial charge in [0.2, 0.25) is 0 Å². The van der Waals surface area contributed by atoms with E-state index in [0.29, 0.717) is 5.70 Å². The number of hydrazine groups is 1. The first-order valence-electron chi connectivity index (χ1n) is 12.2. The second kappa shape index (κ2) is 14.1. The Kier molecular flexibility index (Phi) is 11.4. The number of rotatable bonds is 12. The standard InChI is InChI=1S/C27H35ClF3N7O2/c1-16(2)34-14-19-11-20(27(29,30)31)13-23(25(19)40-6)36-26(39)18-7-8-22(28)24(12-18)38(33)15-21(32)9-10-35-37(5)17(3)4/h7-8,10-13,15-16,34H,3,9,14,32-33H2,1-2,4-6H3,(H,36,39)/b21-15-,35-10-. The summed E-state index contributed by atoms with van der Waals surface area (Å²) in [7, 11) is 3.06. The van der Waals surface area contributed by atoms with Crippen molar-refractivity contribution in [3.63, 3.8) is 0 Å². The Labute approximate surface area is 237 Å². The van der Waals surface area contributed by atoms with Crippen LogP contribution in [0.4, 0.5) is 24.5 Å². The lowest BCUT2D eigenvalue weighted by Crippen LogP contribution is -2.27. The Morgan fingerprint density at radius 3 is 2.52 bits per heavy atom. The minimum absolute atomic E-state index is 0.0111. The molecular weight excluding hydrogens is 547 g/mol. The van der Waals surface area contributed by atoms with E-state index in [0.717, 1.165) is 22.8 Å². The molecule has 0 saturated carbocycles. The van der Waals surface area contributed by atoms with Crippen molar-refractivity contribution in [1.29, 1.82) is 0 Å². The minimum Gasteiger partial charge on any atom is -0.494 e. The third-order valence-corrected chi connectivity index (χ3v) is 5.89. The van der Waals surface area contributed by atoms with E-state index in [1.54, 1.807) is 25.2 Å². The molecule has 6 N–H and O–H groups in total. The first-order chi connectivity index (χ1) is 18.6. The van der Waals surface area contributed by atoms with Crippen LogP contribution < -0.4 is 32.0 Å². The Hall–Kier alpha value is -3.74. The van der Waals surface area contributed by atoms with Crippen molar-refractivity contribution in [1.82, 2.24) is 10.3 Å². The number of nitrogens with one attached hydrogen (secondary N) is 2. The fourth-order valence-electron chi connectivity index (χ4n) is 3.35. The molecule has 0 saturated heterocycles. The van der Waals surface area contributed by atoms with Crippen LogP contribution in [-0.2, 0) is 12.7 Å².